The van der Waals surface area contributed by atoms with Crippen LogP contribution in [0.2, 0.25) is 0 Å². The largest absolute Gasteiger partial charge is 0.481 e. The van der Waals surface area contributed by atoms with Crippen LogP contribution in [0, 0.1) is 5.82 Å². The van der Waals surface area contributed by atoms with Crippen molar-refractivity contribution in [1.29, 1.82) is 0 Å². The van der Waals surface area contributed by atoms with Crippen molar-refractivity contribution < 1.29 is 23.4 Å². The van der Waals surface area contributed by atoms with Crippen LogP contribution < -0.4 is 14.2 Å². The van der Waals surface area contributed by atoms with Crippen molar-refractivity contribution in [2.45, 2.75) is 13.0 Å². The van der Waals surface area contributed by atoms with E-state index in [1.54, 1.807) is 17.0 Å². The van der Waals surface area contributed by atoms with Gasteiger partial charge in [-0.05, 0) is 41.8 Å². The van der Waals surface area contributed by atoms with E-state index in [9.17, 15) is 9.18 Å². The molecule has 0 bridgehead atoms. The average molecular weight is 329 g/mol. The second-order valence-electron chi connectivity index (χ2n) is 5.76. The van der Waals surface area contributed by atoms with Gasteiger partial charge in [-0.1, -0.05) is 12.1 Å². The predicted molar refractivity (Wildman–Crippen MR) is 83.6 cm³/mol. The third-order valence-corrected chi connectivity index (χ3v) is 4.25. The zero-order chi connectivity index (χ0) is 16.5. The van der Waals surface area contributed by atoms with Crippen molar-refractivity contribution >= 4 is 5.91 Å². The zero-order valence-electron chi connectivity index (χ0n) is 13.0. The molecule has 0 unspecified atom stereocenters. The van der Waals surface area contributed by atoms with Crippen molar-refractivity contribution in [3.05, 3.63) is 53.3 Å². The molecule has 0 radical (unpaired) electrons. The number of halogens is 1. The number of carbonyl (C=O) groups is 1. The number of carbonyl (C=O) groups excluding carboxylic acids is 1. The van der Waals surface area contributed by atoms with Gasteiger partial charge in [-0.25, -0.2) is 4.39 Å². The zero-order valence-corrected chi connectivity index (χ0v) is 13.0. The Labute approximate surface area is 138 Å². The summed E-state index contributed by atoms with van der Waals surface area (Å²) in [5.74, 6) is 0.928. The fraction of sp³-hybridized carbons (Fsp3) is 0.278. The predicted octanol–water partition coefficient (Wildman–Crippen LogP) is 2.52. The lowest BCUT2D eigenvalue weighted by molar-refractivity contribution is -0.134. The number of hydrogen-bond acceptors (Lipinski definition) is 4. The lowest BCUT2D eigenvalue weighted by atomic mass is 9.99. The highest BCUT2D eigenvalue weighted by Crippen LogP contribution is 2.36. The third kappa shape index (κ3) is 2.75. The number of nitrogens with zero attached hydrogens (tertiary/aromatic N) is 1. The molecule has 0 saturated heterocycles. The minimum Gasteiger partial charge on any atom is -0.481 e. The minimum atomic E-state index is -0.470. The summed E-state index contributed by atoms with van der Waals surface area (Å²) >= 11 is 0. The van der Waals surface area contributed by atoms with Gasteiger partial charge in [0, 0.05) is 13.1 Å². The molecule has 0 spiro atoms. The summed E-state index contributed by atoms with van der Waals surface area (Å²) in [7, 11) is 0. The van der Waals surface area contributed by atoms with Crippen LogP contribution in [-0.2, 0) is 17.8 Å². The molecule has 1 amide bonds. The van der Waals surface area contributed by atoms with E-state index in [1.807, 2.05) is 12.1 Å². The second-order valence-corrected chi connectivity index (χ2v) is 5.76. The van der Waals surface area contributed by atoms with Gasteiger partial charge in [-0.2, -0.15) is 0 Å². The molecule has 0 atom stereocenters. The van der Waals surface area contributed by atoms with E-state index < -0.39 is 5.82 Å². The van der Waals surface area contributed by atoms with Gasteiger partial charge < -0.3 is 19.1 Å². The molecule has 0 N–H and O–H groups in total. The third-order valence-electron chi connectivity index (χ3n) is 4.25. The van der Waals surface area contributed by atoms with E-state index in [1.165, 1.54) is 17.7 Å². The summed E-state index contributed by atoms with van der Waals surface area (Å²) in [4.78, 5) is 14.1. The molecule has 0 aromatic heterocycles. The Bertz CT molecular complexity index is 793. The van der Waals surface area contributed by atoms with Crippen LogP contribution in [0.4, 0.5) is 4.39 Å². The molecule has 0 fully saturated rings. The summed E-state index contributed by atoms with van der Waals surface area (Å²) in [6, 6.07) is 9.97. The van der Waals surface area contributed by atoms with Crippen LogP contribution in [0.15, 0.2) is 36.4 Å². The Kier molecular flexibility index (Phi) is 3.72. The standard InChI is InChI=1S/C18H16FNO4/c19-14-3-1-2-4-15(14)22-10-18(21)20-6-5-12-7-16-17(24-11-23-16)8-13(12)9-20/h1-4,7-8H,5-6,9-11H2. The summed E-state index contributed by atoms with van der Waals surface area (Å²) in [5, 5.41) is 0. The molecule has 124 valence electrons. The first-order valence-electron chi connectivity index (χ1n) is 7.77. The molecular weight excluding hydrogens is 313 g/mol. The summed E-state index contributed by atoms with van der Waals surface area (Å²) in [5.41, 5.74) is 2.21. The van der Waals surface area contributed by atoms with Crippen molar-refractivity contribution in [3.63, 3.8) is 0 Å². The van der Waals surface area contributed by atoms with E-state index in [0.717, 1.165) is 17.7 Å². The van der Waals surface area contributed by atoms with Crippen LogP contribution in [0.3, 0.4) is 0 Å². The molecule has 2 aromatic carbocycles. The maximum absolute atomic E-state index is 13.5. The number of rotatable bonds is 3. The minimum absolute atomic E-state index is 0.0895. The first kappa shape index (κ1) is 14.8. The topological polar surface area (TPSA) is 48.0 Å². The number of amides is 1. The second kappa shape index (κ2) is 6.03. The molecule has 0 saturated carbocycles. The monoisotopic (exact) mass is 329 g/mol. The van der Waals surface area contributed by atoms with Crippen molar-refractivity contribution in [3.8, 4) is 17.2 Å². The van der Waals surface area contributed by atoms with E-state index in [-0.39, 0.29) is 25.1 Å². The maximum Gasteiger partial charge on any atom is 0.260 e. The Morgan fingerprint density at radius 1 is 1.17 bits per heavy atom. The van der Waals surface area contributed by atoms with Crippen LogP contribution in [-0.4, -0.2) is 30.8 Å². The van der Waals surface area contributed by atoms with Gasteiger partial charge in [0.25, 0.3) is 5.91 Å². The average Bonchev–Trinajstić information content (AvgIpc) is 3.05. The highest BCUT2D eigenvalue weighted by Gasteiger charge is 2.25. The normalized spacial score (nSPS) is 15.1. The Morgan fingerprint density at radius 2 is 1.92 bits per heavy atom. The molecule has 0 aliphatic carbocycles. The van der Waals surface area contributed by atoms with Gasteiger partial charge >= 0.3 is 0 Å². The van der Waals surface area contributed by atoms with Gasteiger partial charge in [0.15, 0.2) is 29.7 Å². The SMILES string of the molecule is O=C(COc1ccccc1F)N1CCc2cc3c(cc2C1)OCO3. The van der Waals surface area contributed by atoms with Crippen LogP contribution in [0.25, 0.3) is 0 Å². The van der Waals surface area contributed by atoms with Gasteiger partial charge in [-0.3, -0.25) is 4.79 Å². The fourth-order valence-corrected chi connectivity index (χ4v) is 2.95. The van der Waals surface area contributed by atoms with Crippen LogP contribution in [0.1, 0.15) is 11.1 Å². The Morgan fingerprint density at radius 3 is 2.71 bits per heavy atom. The number of benzene rings is 2. The van der Waals surface area contributed by atoms with Gasteiger partial charge in [-0.15, -0.1) is 0 Å². The van der Waals surface area contributed by atoms with E-state index in [0.29, 0.717) is 18.8 Å². The molecule has 24 heavy (non-hydrogen) atoms. The van der Waals surface area contributed by atoms with Gasteiger partial charge in [0.05, 0.1) is 0 Å². The highest BCUT2D eigenvalue weighted by molar-refractivity contribution is 5.78. The quantitative estimate of drug-likeness (QED) is 0.868. The molecule has 2 heterocycles. The molecule has 2 aromatic rings. The Balaban J connectivity index is 1.42. The van der Waals surface area contributed by atoms with Gasteiger partial charge in [0.1, 0.15) is 0 Å². The lowest BCUT2D eigenvalue weighted by Gasteiger charge is -2.29. The summed E-state index contributed by atoms with van der Waals surface area (Å²) in [6.07, 6.45) is 0.747. The number of hydrogen-bond donors (Lipinski definition) is 0. The van der Waals surface area contributed by atoms with E-state index in [4.69, 9.17) is 14.2 Å². The Hall–Kier alpha value is -2.76. The molecule has 6 heteroatoms. The summed E-state index contributed by atoms with van der Waals surface area (Å²) in [6.45, 7) is 1.15. The van der Waals surface area contributed by atoms with Crippen LogP contribution >= 0.6 is 0 Å². The fourth-order valence-electron chi connectivity index (χ4n) is 2.95. The van der Waals surface area contributed by atoms with Crippen molar-refractivity contribution in [2.75, 3.05) is 19.9 Å². The van der Waals surface area contributed by atoms with Crippen molar-refractivity contribution in [2.24, 2.45) is 0 Å². The molecule has 2 aliphatic heterocycles. The summed E-state index contributed by atoms with van der Waals surface area (Å²) < 4.78 is 29.6. The molecule has 2 aliphatic rings. The number of ether oxygens (including phenoxy) is 3. The lowest BCUT2D eigenvalue weighted by Crippen LogP contribution is -2.38. The number of para-hydroxylation sites is 1. The highest BCUT2D eigenvalue weighted by atomic mass is 19.1. The smallest absolute Gasteiger partial charge is 0.260 e. The number of fused-ring (bicyclic) bond motifs is 2. The van der Waals surface area contributed by atoms with E-state index >= 15 is 0 Å². The maximum atomic E-state index is 13.5. The first-order valence-corrected chi connectivity index (χ1v) is 7.77. The van der Waals surface area contributed by atoms with Crippen LogP contribution in [0.5, 0.6) is 17.2 Å². The molecule has 4 rings (SSSR count). The first-order chi connectivity index (χ1) is 11.7. The molecule has 5 nitrogen and oxygen atoms in total. The van der Waals surface area contributed by atoms with Crippen molar-refractivity contribution in [1.82, 2.24) is 4.90 Å². The molecular formula is C18H16FNO4. The van der Waals surface area contributed by atoms with E-state index in [2.05, 4.69) is 0 Å². The van der Waals surface area contributed by atoms with Gasteiger partial charge in [0.2, 0.25) is 6.79 Å².